The van der Waals surface area contributed by atoms with Gasteiger partial charge in [-0.15, -0.1) is 0 Å². The van der Waals surface area contributed by atoms with Gasteiger partial charge in [-0.25, -0.2) is 18.2 Å². The van der Waals surface area contributed by atoms with Crippen molar-refractivity contribution in [3.05, 3.63) is 52.8 Å². The highest BCUT2D eigenvalue weighted by molar-refractivity contribution is 8.13. The van der Waals surface area contributed by atoms with Crippen molar-refractivity contribution in [2.45, 2.75) is 24.3 Å². The lowest BCUT2D eigenvalue weighted by Gasteiger charge is -2.32. The van der Waals surface area contributed by atoms with Crippen LogP contribution in [0.1, 0.15) is 11.3 Å². The van der Waals surface area contributed by atoms with Crippen LogP contribution in [0, 0.1) is 6.92 Å². The molecule has 11 heteroatoms. The Balaban J connectivity index is 1.77. The van der Waals surface area contributed by atoms with Crippen LogP contribution in [-0.4, -0.2) is 61.7 Å². The number of hydrogen-bond donors (Lipinski definition) is 0. The van der Waals surface area contributed by atoms with Gasteiger partial charge in [0.1, 0.15) is 5.65 Å². The number of ether oxygens (including phenoxy) is 2. The molecular weight excluding hydrogens is 477 g/mol. The maximum absolute atomic E-state index is 12.0. The number of imidazole rings is 1. The van der Waals surface area contributed by atoms with Gasteiger partial charge in [0.15, 0.2) is 0 Å². The summed E-state index contributed by atoms with van der Waals surface area (Å²) in [6.45, 7) is 3.21. The van der Waals surface area contributed by atoms with Gasteiger partial charge in [-0.3, -0.25) is 0 Å². The Morgan fingerprint density at radius 2 is 2.09 bits per heavy atom. The predicted molar refractivity (Wildman–Crippen MR) is 121 cm³/mol. The van der Waals surface area contributed by atoms with Crippen molar-refractivity contribution in [2.75, 3.05) is 26.8 Å². The number of methoxy groups -OCH3 is 1. The number of morpholine rings is 1. The zero-order valence-corrected chi connectivity index (χ0v) is 19.7. The van der Waals surface area contributed by atoms with Crippen molar-refractivity contribution in [2.24, 2.45) is 0 Å². The Hall–Kier alpha value is -2.33. The molecule has 1 aliphatic rings. The number of aromatic nitrogens is 2. The summed E-state index contributed by atoms with van der Waals surface area (Å²) < 4.78 is 36.1. The summed E-state index contributed by atoms with van der Waals surface area (Å²) >= 11 is 6.45. The average molecular weight is 498 g/mol. The molecule has 0 unspecified atom stereocenters. The van der Waals surface area contributed by atoms with Crippen molar-refractivity contribution in [3.8, 4) is 11.3 Å². The Labute approximate surface area is 195 Å². The minimum atomic E-state index is -3.91. The third-order valence-electron chi connectivity index (χ3n) is 5.35. The van der Waals surface area contributed by atoms with E-state index in [2.05, 4.69) is 0 Å². The van der Waals surface area contributed by atoms with E-state index >= 15 is 0 Å². The highest BCUT2D eigenvalue weighted by Crippen LogP contribution is 2.34. The van der Waals surface area contributed by atoms with Crippen molar-refractivity contribution < 1.29 is 22.7 Å². The standard InChI is InChI=1S/C21H21Cl2N3O5S/c1-13-5-6-26-18(10-14-12-25(7-8-31-14)21(27)30-2)20(24-19(26)9-13)16-4-3-15(11-17(16)22)32(23,28)29/h3-6,9,11,14H,7-8,10,12H2,1-2H3/t14-/m0/s1. The number of carbonyl (C=O) groups excluding carboxylic acids is 1. The molecule has 3 aromatic rings. The second-order valence-corrected chi connectivity index (χ2v) is 10.5. The Bertz CT molecular complexity index is 1290. The third-order valence-corrected chi connectivity index (χ3v) is 7.01. The number of carbonyl (C=O) groups is 1. The summed E-state index contributed by atoms with van der Waals surface area (Å²) in [5.41, 5.74) is 3.78. The van der Waals surface area contributed by atoms with Crippen molar-refractivity contribution in [3.63, 3.8) is 0 Å². The van der Waals surface area contributed by atoms with E-state index in [1.807, 2.05) is 29.7 Å². The number of hydrogen-bond acceptors (Lipinski definition) is 6. The number of nitrogens with zero attached hydrogens (tertiary/aromatic N) is 3. The number of benzene rings is 1. The van der Waals surface area contributed by atoms with Crippen LogP contribution in [0.3, 0.4) is 0 Å². The van der Waals surface area contributed by atoms with Crippen LogP contribution < -0.4 is 0 Å². The number of aryl methyl sites for hydroxylation is 1. The molecule has 1 aromatic carbocycles. The normalized spacial score (nSPS) is 17.0. The largest absolute Gasteiger partial charge is 0.453 e. The first-order chi connectivity index (χ1) is 15.2. The Kier molecular flexibility index (Phi) is 6.35. The highest BCUT2D eigenvalue weighted by atomic mass is 35.7. The van der Waals surface area contributed by atoms with Crippen LogP contribution >= 0.6 is 22.3 Å². The first-order valence-corrected chi connectivity index (χ1v) is 12.5. The molecule has 0 bridgehead atoms. The Morgan fingerprint density at radius 1 is 1.31 bits per heavy atom. The van der Waals surface area contributed by atoms with Gasteiger partial charge in [-0.1, -0.05) is 11.6 Å². The summed E-state index contributed by atoms with van der Waals surface area (Å²) in [5.74, 6) is 0. The zero-order valence-electron chi connectivity index (χ0n) is 17.4. The fraction of sp³-hybridized carbons (Fsp3) is 0.333. The number of fused-ring (bicyclic) bond motifs is 1. The van der Waals surface area contributed by atoms with Crippen LogP contribution in [0.5, 0.6) is 0 Å². The van der Waals surface area contributed by atoms with Crippen LogP contribution in [0.4, 0.5) is 4.79 Å². The molecule has 0 spiro atoms. The lowest BCUT2D eigenvalue weighted by Crippen LogP contribution is -2.46. The molecule has 4 rings (SSSR count). The topological polar surface area (TPSA) is 90.2 Å². The molecule has 170 valence electrons. The molecule has 0 N–H and O–H groups in total. The minimum absolute atomic E-state index is 0.0848. The van der Waals surface area contributed by atoms with E-state index in [0.717, 1.165) is 16.9 Å². The molecule has 1 amide bonds. The maximum atomic E-state index is 12.0. The van der Waals surface area contributed by atoms with Crippen molar-refractivity contribution in [1.82, 2.24) is 14.3 Å². The summed E-state index contributed by atoms with van der Waals surface area (Å²) in [6, 6.07) is 8.22. The number of pyridine rings is 1. The van der Waals surface area contributed by atoms with Gasteiger partial charge >= 0.3 is 6.09 Å². The average Bonchev–Trinajstić information content (AvgIpc) is 3.09. The third kappa shape index (κ3) is 4.56. The summed E-state index contributed by atoms with van der Waals surface area (Å²) in [7, 11) is 2.90. The highest BCUT2D eigenvalue weighted by Gasteiger charge is 2.28. The lowest BCUT2D eigenvalue weighted by atomic mass is 10.1. The maximum Gasteiger partial charge on any atom is 0.409 e. The fourth-order valence-electron chi connectivity index (χ4n) is 3.80. The van der Waals surface area contributed by atoms with Crippen LogP contribution in [0.2, 0.25) is 5.02 Å². The van der Waals surface area contributed by atoms with E-state index in [1.54, 1.807) is 11.0 Å². The van der Waals surface area contributed by atoms with Gasteiger partial charge in [0.05, 0.1) is 47.7 Å². The first-order valence-electron chi connectivity index (χ1n) is 9.84. The lowest BCUT2D eigenvalue weighted by molar-refractivity contribution is -0.0241. The van der Waals surface area contributed by atoms with Crippen LogP contribution in [0.25, 0.3) is 16.9 Å². The molecule has 1 fully saturated rings. The number of halogens is 2. The summed E-state index contributed by atoms with van der Waals surface area (Å²) in [6.07, 6.45) is 1.71. The van der Waals surface area contributed by atoms with Gasteiger partial charge in [0.2, 0.25) is 0 Å². The van der Waals surface area contributed by atoms with E-state index in [9.17, 15) is 13.2 Å². The summed E-state index contributed by atoms with van der Waals surface area (Å²) in [5, 5.41) is 0.217. The van der Waals surface area contributed by atoms with Crippen molar-refractivity contribution >= 4 is 43.1 Å². The predicted octanol–water partition coefficient (Wildman–Crippen LogP) is 3.90. The van der Waals surface area contributed by atoms with Crippen LogP contribution in [-0.2, 0) is 24.9 Å². The minimum Gasteiger partial charge on any atom is -0.453 e. The molecule has 2 aromatic heterocycles. The number of rotatable bonds is 4. The monoisotopic (exact) mass is 497 g/mol. The van der Waals surface area contributed by atoms with Gasteiger partial charge < -0.3 is 18.8 Å². The van der Waals surface area contributed by atoms with Gasteiger partial charge in [0, 0.05) is 35.4 Å². The number of amides is 1. The van der Waals surface area contributed by atoms with Gasteiger partial charge in [0.25, 0.3) is 9.05 Å². The molecular formula is C21H21Cl2N3O5S. The molecule has 0 saturated carbocycles. The van der Waals surface area contributed by atoms with Crippen LogP contribution in [0.15, 0.2) is 41.4 Å². The molecule has 1 saturated heterocycles. The molecule has 1 aliphatic heterocycles. The second-order valence-electron chi connectivity index (χ2n) is 7.53. The smallest absolute Gasteiger partial charge is 0.409 e. The van der Waals surface area contributed by atoms with Gasteiger partial charge in [-0.2, -0.15) is 0 Å². The van der Waals surface area contributed by atoms with E-state index < -0.39 is 15.1 Å². The molecule has 3 heterocycles. The van der Waals surface area contributed by atoms with E-state index in [0.29, 0.717) is 37.4 Å². The fourth-order valence-corrected chi connectivity index (χ4v) is 4.91. The molecule has 8 nitrogen and oxygen atoms in total. The van der Waals surface area contributed by atoms with Gasteiger partial charge in [-0.05, 0) is 42.8 Å². The van der Waals surface area contributed by atoms with E-state index in [4.69, 9.17) is 36.7 Å². The first kappa shape index (κ1) is 22.8. The molecule has 0 aliphatic carbocycles. The quantitative estimate of drug-likeness (QED) is 0.507. The molecule has 0 radical (unpaired) electrons. The Morgan fingerprint density at radius 3 is 2.78 bits per heavy atom. The molecule has 32 heavy (non-hydrogen) atoms. The van der Waals surface area contributed by atoms with E-state index in [-0.39, 0.29) is 16.0 Å². The molecule has 1 atom stereocenters. The zero-order chi connectivity index (χ0) is 23.0. The summed E-state index contributed by atoms with van der Waals surface area (Å²) in [4.78, 5) is 18.3. The van der Waals surface area contributed by atoms with Crippen molar-refractivity contribution in [1.29, 1.82) is 0 Å². The van der Waals surface area contributed by atoms with E-state index in [1.165, 1.54) is 19.2 Å². The SMILES string of the molecule is COC(=O)N1CCO[C@@H](Cc2c(-c3ccc(S(=O)(=O)Cl)cc3Cl)nc3cc(C)ccn23)C1. The second kappa shape index (κ2) is 8.90.